The van der Waals surface area contributed by atoms with Gasteiger partial charge in [0.1, 0.15) is 54.2 Å². The lowest BCUT2D eigenvalue weighted by Gasteiger charge is -2.20. The van der Waals surface area contributed by atoms with E-state index in [4.69, 9.17) is 19.9 Å². The molecule has 8 N–H and O–H groups in total. The summed E-state index contributed by atoms with van der Waals surface area (Å²) in [6.07, 6.45) is -10.1. The van der Waals surface area contributed by atoms with Gasteiger partial charge in [0.25, 0.3) is 5.69 Å². The molecule has 10 atom stereocenters. The number of nitro groups is 1. The molecule has 2 aromatic heterocycles. The molecule has 2 saturated heterocycles. The lowest BCUT2D eigenvalue weighted by Crippen LogP contribution is -2.35. The number of hydrogen-bond acceptors (Lipinski definition) is 18. The van der Waals surface area contributed by atoms with Gasteiger partial charge in [0.15, 0.2) is 17.7 Å². The number of non-ortho nitro benzene ring substituents is 1. The van der Waals surface area contributed by atoms with Crippen molar-refractivity contribution in [3.63, 3.8) is 0 Å². The van der Waals surface area contributed by atoms with Crippen LogP contribution in [0.2, 0.25) is 0 Å². The molecule has 2 fully saturated rings. The molecular formula is C21H26N6O16P2. The number of aromatic nitrogens is 4. The molecule has 3 aromatic rings. The molecule has 0 spiro atoms. The van der Waals surface area contributed by atoms with Crippen molar-refractivity contribution in [1.82, 2.24) is 19.5 Å². The van der Waals surface area contributed by atoms with E-state index in [-0.39, 0.29) is 28.4 Å². The van der Waals surface area contributed by atoms with Crippen LogP contribution < -0.4 is 10.5 Å². The van der Waals surface area contributed by atoms with Gasteiger partial charge in [0.2, 0.25) is 6.29 Å². The summed E-state index contributed by atoms with van der Waals surface area (Å²) in [5.41, 5.74) is 5.85. The molecule has 24 heteroatoms. The minimum absolute atomic E-state index is 0.0280. The molecule has 22 nitrogen and oxygen atoms in total. The van der Waals surface area contributed by atoms with Crippen molar-refractivity contribution in [3.05, 3.63) is 47.0 Å². The normalized spacial score (nSPS) is 31.1. The topological polar surface area (TPSA) is 324 Å². The first-order chi connectivity index (χ1) is 21.2. The quantitative estimate of drug-likeness (QED) is 0.0664. The summed E-state index contributed by atoms with van der Waals surface area (Å²) in [7, 11) is -10.8. The van der Waals surface area contributed by atoms with E-state index in [1.165, 1.54) is 23.0 Å². The smallest absolute Gasteiger partial charge is 0.462 e. The second-order valence-electron chi connectivity index (χ2n) is 9.63. The Bertz CT molecular complexity index is 1630. The maximum absolute atomic E-state index is 12.4. The lowest BCUT2D eigenvalue weighted by atomic mass is 10.1. The van der Waals surface area contributed by atoms with E-state index in [1.807, 2.05) is 0 Å². The number of fused-ring (bicyclic) bond motifs is 1. The Morgan fingerprint density at radius 2 is 1.51 bits per heavy atom. The molecule has 0 saturated carbocycles. The van der Waals surface area contributed by atoms with Gasteiger partial charge in [-0.3, -0.25) is 23.7 Å². The van der Waals surface area contributed by atoms with Crippen molar-refractivity contribution in [3.8, 4) is 5.75 Å². The third-order valence-corrected chi connectivity index (χ3v) is 9.23. The number of ether oxygens (including phenoxy) is 3. The van der Waals surface area contributed by atoms with Gasteiger partial charge < -0.3 is 50.2 Å². The molecule has 246 valence electrons. The Morgan fingerprint density at radius 1 is 0.911 bits per heavy atom. The molecule has 2 aliphatic heterocycles. The average molecular weight is 680 g/mol. The summed E-state index contributed by atoms with van der Waals surface area (Å²) in [6.45, 7) is -1.86. The Morgan fingerprint density at radius 3 is 2.13 bits per heavy atom. The van der Waals surface area contributed by atoms with Crippen LogP contribution in [0.25, 0.3) is 11.2 Å². The fourth-order valence-electron chi connectivity index (χ4n) is 4.40. The Labute approximate surface area is 250 Å². The highest BCUT2D eigenvalue weighted by molar-refractivity contribution is 7.61. The SMILES string of the molecule is Nc1ncnc2c1ncn2[C@@H]1O[C@H](COP(=O)(O)OP(=O)(O)OC[C@H]2O[C@@H](Oc3ccc([N+](=O)[O-])cc3)[C@H](O)[C@@H]2O)[C@@H](O)[C@H]1O. The standard InChI is InChI=1S/C21H26N6O16P2/c22-18-13-19(24-7-23-18)26(8-25-13)20-16(30)14(28)11(41-20)5-38-44(34,35)43-45(36,37)39-6-12-15(29)17(31)21(42-12)40-10-3-1-9(2-4-10)27(32)33/h1-4,7-8,11-12,14-17,20-21,28-31H,5-6H2,(H,34,35)(H,36,37)(H2,22,23,24)/t11-,12-,14-,15-,16-,17-,20-,21-/m1/s1. The maximum Gasteiger partial charge on any atom is 0.481 e. The number of imidazole rings is 1. The van der Waals surface area contributed by atoms with Crippen LogP contribution in [-0.2, 0) is 32.0 Å². The molecule has 0 amide bonds. The van der Waals surface area contributed by atoms with Gasteiger partial charge in [-0.25, -0.2) is 24.1 Å². The number of benzene rings is 1. The first-order valence-corrected chi connectivity index (χ1v) is 15.7. The van der Waals surface area contributed by atoms with Crippen molar-refractivity contribution < 1.29 is 71.8 Å². The number of nitro benzene ring substituents is 1. The number of hydrogen-bond donors (Lipinski definition) is 7. The van der Waals surface area contributed by atoms with Crippen molar-refractivity contribution in [1.29, 1.82) is 0 Å². The summed E-state index contributed by atoms with van der Waals surface area (Å²) in [4.78, 5) is 41.9. The van der Waals surface area contributed by atoms with Gasteiger partial charge in [-0.2, -0.15) is 4.31 Å². The van der Waals surface area contributed by atoms with Crippen LogP contribution in [0.15, 0.2) is 36.9 Å². The Balaban J connectivity index is 1.13. The molecular weight excluding hydrogens is 654 g/mol. The number of phosphoric acid groups is 2. The van der Waals surface area contributed by atoms with Crippen LogP contribution >= 0.6 is 15.6 Å². The molecule has 0 aliphatic carbocycles. The summed E-state index contributed by atoms with van der Waals surface area (Å²) in [5, 5.41) is 52.1. The molecule has 1 aromatic carbocycles. The Kier molecular flexibility index (Phi) is 9.50. The summed E-state index contributed by atoms with van der Waals surface area (Å²) in [5.74, 6) is 0.0708. The molecule has 2 unspecified atom stereocenters. The molecule has 0 radical (unpaired) electrons. The number of rotatable bonds is 12. The highest BCUT2D eigenvalue weighted by atomic mass is 31.3. The van der Waals surface area contributed by atoms with Gasteiger partial charge >= 0.3 is 15.6 Å². The largest absolute Gasteiger partial charge is 0.481 e. The maximum atomic E-state index is 12.4. The van der Waals surface area contributed by atoms with E-state index < -0.39 is 82.9 Å². The van der Waals surface area contributed by atoms with Crippen LogP contribution in [0.4, 0.5) is 11.5 Å². The fourth-order valence-corrected chi connectivity index (χ4v) is 6.49. The third-order valence-electron chi connectivity index (χ3n) is 6.63. The number of phosphoric ester groups is 2. The van der Waals surface area contributed by atoms with E-state index in [1.54, 1.807) is 0 Å². The lowest BCUT2D eigenvalue weighted by molar-refractivity contribution is -0.384. The second-order valence-corrected chi connectivity index (χ2v) is 12.7. The highest BCUT2D eigenvalue weighted by Crippen LogP contribution is 2.60. The average Bonchev–Trinajstić information content (AvgIpc) is 3.61. The van der Waals surface area contributed by atoms with Crippen LogP contribution in [-0.4, -0.2) is 111 Å². The molecule has 4 heterocycles. The molecule has 2 aliphatic rings. The minimum Gasteiger partial charge on any atom is -0.462 e. The second kappa shape index (κ2) is 12.9. The predicted octanol–water partition coefficient (Wildman–Crippen LogP) is -1.29. The van der Waals surface area contributed by atoms with Crippen LogP contribution in [0.1, 0.15) is 6.23 Å². The summed E-state index contributed by atoms with van der Waals surface area (Å²) in [6, 6.07) is 4.66. The van der Waals surface area contributed by atoms with Crippen molar-refractivity contribution in [2.75, 3.05) is 18.9 Å². The van der Waals surface area contributed by atoms with E-state index in [2.05, 4.69) is 28.3 Å². The van der Waals surface area contributed by atoms with Crippen LogP contribution in [0.5, 0.6) is 5.75 Å². The predicted molar refractivity (Wildman–Crippen MR) is 143 cm³/mol. The van der Waals surface area contributed by atoms with E-state index >= 15 is 0 Å². The van der Waals surface area contributed by atoms with E-state index in [0.29, 0.717) is 0 Å². The minimum atomic E-state index is -5.39. The first-order valence-electron chi connectivity index (χ1n) is 12.7. The number of nitrogens with zero attached hydrogens (tertiary/aromatic N) is 5. The van der Waals surface area contributed by atoms with Gasteiger partial charge in [-0.05, 0) is 12.1 Å². The van der Waals surface area contributed by atoms with Crippen molar-refractivity contribution >= 4 is 38.3 Å². The Hall–Kier alpha value is -3.21. The molecule has 5 rings (SSSR count). The van der Waals surface area contributed by atoms with Gasteiger partial charge in [-0.15, -0.1) is 0 Å². The number of nitrogen functional groups attached to an aromatic ring is 1. The van der Waals surface area contributed by atoms with Crippen molar-refractivity contribution in [2.24, 2.45) is 0 Å². The number of nitrogens with two attached hydrogens (primary N) is 1. The monoisotopic (exact) mass is 680 g/mol. The zero-order valence-electron chi connectivity index (χ0n) is 22.5. The zero-order chi connectivity index (χ0) is 32.7. The van der Waals surface area contributed by atoms with Gasteiger partial charge in [0.05, 0.1) is 24.5 Å². The third kappa shape index (κ3) is 7.28. The summed E-state index contributed by atoms with van der Waals surface area (Å²) < 4.78 is 55.7. The van der Waals surface area contributed by atoms with Crippen LogP contribution in [0.3, 0.4) is 0 Å². The molecule has 0 bridgehead atoms. The first kappa shape index (κ1) is 33.2. The zero-order valence-corrected chi connectivity index (χ0v) is 24.3. The van der Waals surface area contributed by atoms with E-state index in [9.17, 15) is 49.5 Å². The molecule has 45 heavy (non-hydrogen) atoms. The summed E-state index contributed by atoms with van der Waals surface area (Å²) >= 11 is 0. The van der Waals surface area contributed by atoms with Gasteiger partial charge in [0, 0.05) is 12.1 Å². The number of aliphatic hydroxyl groups is 4. The van der Waals surface area contributed by atoms with E-state index in [0.717, 1.165) is 18.5 Å². The number of aliphatic hydroxyl groups excluding tert-OH is 4. The fraction of sp³-hybridized carbons (Fsp3) is 0.476. The highest BCUT2D eigenvalue weighted by Gasteiger charge is 2.48. The van der Waals surface area contributed by atoms with Gasteiger partial charge in [-0.1, -0.05) is 0 Å². The van der Waals surface area contributed by atoms with Crippen molar-refractivity contribution in [2.45, 2.75) is 49.1 Å². The van der Waals surface area contributed by atoms with Crippen LogP contribution in [0, 0.1) is 10.1 Å². The number of anilines is 1.